The molecule has 0 atom stereocenters. The lowest BCUT2D eigenvalue weighted by molar-refractivity contribution is 0.339. The number of nitrogen functional groups attached to an aromatic ring is 1. The quantitative estimate of drug-likeness (QED) is 0.663. The van der Waals surface area contributed by atoms with Crippen molar-refractivity contribution in [2.24, 2.45) is 0 Å². The molecule has 0 saturated heterocycles. The van der Waals surface area contributed by atoms with Gasteiger partial charge in [-0.3, -0.25) is 0 Å². The second kappa shape index (κ2) is 6.08. The lowest BCUT2D eigenvalue weighted by Crippen LogP contribution is -1.94. The first-order valence-electron chi connectivity index (χ1n) is 4.62. The SMILES string of the molecule is C=C(Br)CSc1cc(OCC)ccc1N. The van der Waals surface area contributed by atoms with Crippen LogP contribution in [0, 0.1) is 0 Å². The molecular weight excluding hydrogens is 274 g/mol. The van der Waals surface area contributed by atoms with Crippen molar-refractivity contribution in [3.05, 3.63) is 29.3 Å². The van der Waals surface area contributed by atoms with Crippen molar-refractivity contribution in [2.75, 3.05) is 18.1 Å². The Labute approximate surface area is 103 Å². The van der Waals surface area contributed by atoms with E-state index in [0.717, 1.165) is 26.6 Å². The third-order valence-electron chi connectivity index (χ3n) is 1.68. The highest BCUT2D eigenvalue weighted by Gasteiger charge is 2.02. The zero-order chi connectivity index (χ0) is 11.3. The van der Waals surface area contributed by atoms with Crippen LogP contribution in [0.2, 0.25) is 0 Å². The number of halogens is 1. The second-order valence-corrected chi connectivity index (χ2v) is 5.08. The highest BCUT2D eigenvalue weighted by Crippen LogP contribution is 2.30. The van der Waals surface area contributed by atoms with Crippen LogP contribution in [0.3, 0.4) is 0 Å². The van der Waals surface area contributed by atoms with Crippen molar-refractivity contribution in [2.45, 2.75) is 11.8 Å². The highest BCUT2D eigenvalue weighted by molar-refractivity contribution is 9.11. The normalized spacial score (nSPS) is 10.0. The molecule has 2 nitrogen and oxygen atoms in total. The van der Waals surface area contributed by atoms with Crippen LogP contribution in [0.5, 0.6) is 5.75 Å². The summed E-state index contributed by atoms with van der Waals surface area (Å²) in [4.78, 5) is 1.03. The van der Waals surface area contributed by atoms with E-state index in [9.17, 15) is 0 Å². The minimum absolute atomic E-state index is 0.666. The Morgan fingerprint density at radius 1 is 1.60 bits per heavy atom. The van der Waals surface area contributed by atoms with Gasteiger partial charge in [-0.25, -0.2) is 0 Å². The fourth-order valence-electron chi connectivity index (χ4n) is 1.05. The Kier molecular flexibility index (Phi) is 5.05. The van der Waals surface area contributed by atoms with Crippen molar-refractivity contribution in [3.63, 3.8) is 0 Å². The van der Waals surface area contributed by atoms with E-state index in [0.29, 0.717) is 6.61 Å². The number of hydrogen-bond acceptors (Lipinski definition) is 3. The lowest BCUT2D eigenvalue weighted by Gasteiger charge is -2.08. The van der Waals surface area contributed by atoms with Crippen LogP contribution in [0.15, 0.2) is 34.2 Å². The molecular formula is C11H14BrNOS. The van der Waals surface area contributed by atoms with E-state index in [1.165, 1.54) is 0 Å². The topological polar surface area (TPSA) is 35.2 Å². The molecule has 0 aromatic heterocycles. The molecule has 0 fully saturated rings. The molecule has 0 aliphatic heterocycles. The van der Waals surface area contributed by atoms with Gasteiger partial charge in [-0.05, 0) is 29.6 Å². The zero-order valence-electron chi connectivity index (χ0n) is 8.63. The summed E-state index contributed by atoms with van der Waals surface area (Å²) in [5.74, 6) is 1.66. The average molecular weight is 288 g/mol. The Balaban J connectivity index is 2.75. The van der Waals surface area contributed by atoms with Gasteiger partial charge in [0.05, 0.1) is 6.61 Å². The minimum atomic E-state index is 0.666. The van der Waals surface area contributed by atoms with Gasteiger partial charge in [0, 0.05) is 16.3 Å². The van der Waals surface area contributed by atoms with Crippen molar-refractivity contribution in [1.29, 1.82) is 0 Å². The van der Waals surface area contributed by atoms with Crippen LogP contribution < -0.4 is 10.5 Å². The van der Waals surface area contributed by atoms with Crippen molar-refractivity contribution < 1.29 is 4.74 Å². The summed E-state index contributed by atoms with van der Waals surface area (Å²) in [7, 11) is 0. The average Bonchev–Trinajstić information content (AvgIpc) is 2.19. The molecule has 1 rings (SSSR count). The third-order valence-corrected chi connectivity index (χ3v) is 3.49. The molecule has 0 aliphatic rings. The summed E-state index contributed by atoms with van der Waals surface area (Å²) in [6, 6.07) is 5.70. The van der Waals surface area contributed by atoms with Gasteiger partial charge in [0.15, 0.2) is 0 Å². The molecule has 0 heterocycles. The monoisotopic (exact) mass is 287 g/mol. The summed E-state index contributed by atoms with van der Waals surface area (Å²) in [6.07, 6.45) is 0. The molecule has 0 aliphatic carbocycles. The maximum Gasteiger partial charge on any atom is 0.120 e. The van der Waals surface area contributed by atoms with E-state index in [1.54, 1.807) is 11.8 Å². The number of rotatable bonds is 5. The molecule has 2 N–H and O–H groups in total. The summed E-state index contributed by atoms with van der Waals surface area (Å²) in [5, 5.41) is 0. The van der Waals surface area contributed by atoms with Crippen LogP contribution in [0.25, 0.3) is 0 Å². The fraction of sp³-hybridized carbons (Fsp3) is 0.273. The number of thioether (sulfide) groups is 1. The Morgan fingerprint density at radius 3 is 2.93 bits per heavy atom. The molecule has 82 valence electrons. The van der Waals surface area contributed by atoms with Crippen LogP contribution >= 0.6 is 27.7 Å². The van der Waals surface area contributed by atoms with Crippen molar-refractivity contribution >= 4 is 33.4 Å². The van der Waals surface area contributed by atoms with Gasteiger partial charge in [0.1, 0.15) is 5.75 Å². The molecule has 1 aromatic carbocycles. The molecule has 0 amide bonds. The van der Waals surface area contributed by atoms with E-state index in [-0.39, 0.29) is 0 Å². The molecule has 15 heavy (non-hydrogen) atoms. The largest absolute Gasteiger partial charge is 0.494 e. The number of anilines is 1. The first-order valence-corrected chi connectivity index (χ1v) is 6.39. The first kappa shape index (κ1) is 12.5. The number of ether oxygens (including phenoxy) is 1. The Bertz CT molecular complexity index is 354. The summed E-state index contributed by atoms with van der Waals surface area (Å²) in [5.41, 5.74) is 6.63. The van der Waals surface area contributed by atoms with Gasteiger partial charge < -0.3 is 10.5 Å². The predicted octanol–water partition coefficient (Wildman–Crippen LogP) is 3.67. The lowest BCUT2D eigenvalue weighted by atomic mass is 10.3. The molecule has 0 saturated carbocycles. The molecule has 0 radical (unpaired) electrons. The fourth-order valence-corrected chi connectivity index (χ4v) is 2.14. The zero-order valence-corrected chi connectivity index (χ0v) is 11.0. The molecule has 0 bridgehead atoms. The summed E-state index contributed by atoms with van der Waals surface area (Å²) in [6.45, 7) is 6.41. The Hall–Kier alpha value is -0.610. The molecule has 4 heteroatoms. The summed E-state index contributed by atoms with van der Waals surface area (Å²) >= 11 is 4.96. The molecule has 0 unspecified atom stereocenters. The number of hydrogen-bond donors (Lipinski definition) is 1. The van der Waals surface area contributed by atoms with E-state index in [4.69, 9.17) is 10.5 Å². The predicted molar refractivity (Wildman–Crippen MR) is 70.8 cm³/mol. The minimum Gasteiger partial charge on any atom is -0.494 e. The van der Waals surface area contributed by atoms with E-state index < -0.39 is 0 Å². The second-order valence-electron chi connectivity index (χ2n) is 2.94. The molecule has 0 spiro atoms. The van der Waals surface area contributed by atoms with Gasteiger partial charge in [-0.15, -0.1) is 11.8 Å². The Morgan fingerprint density at radius 2 is 2.33 bits per heavy atom. The smallest absolute Gasteiger partial charge is 0.120 e. The standard InChI is InChI=1S/C11H14BrNOS/c1-3-14-9-4-5-10(13)11(6-9)15-7-8(2)12/h4-6H,2-3,7,13H2,1H3. The maximum atomic E-state index is 5.85. The van der Waals surface area contributed by atoms with E-state index >= 15 is 0 Å². The summed E-state index contributed by atoms with van der Waals surface area (Å²) < 4.78 is 6.36. The highest BCUT2D eigenvalue weighted by atomic mass is 79.9. The van der Waals surface area contributed by atoms with E-state index in [2.05, 4.69) is 22.5 Å². The van der Waals surface area contributed by atoms with Crippen LogP contribution in [-0.4, -0.2) is 12.4 Å². The molecule has 1 aromatic rings. The van der Waals surface area contributed by atoms with Gasteiger partial charge in [0.25, 0.3) is 0 Å². The first-order chi connectivity index (χ1) is 7.13. The van der Waals surface area contributed by atoms with Gasteiger partial charge in [-0.1, -0.05) is 22.5 Å². The van der Waals surface area contributed by atoms with Gasteiger partial charge in [0.2, 0.25) is 0 Å². The van der Waals surface area contributed by atoms with E-state index in [1.807, 2.05) is 25.1 Å². The third kappa shape index (κ3) is 4.18. The van der Waals surface area contributed by atoms with Crippen molar-refractivity contribution in [1.82, 2.24) is 0 Å². The number of nitrogens with two attached hydrogens (primary N) is 1. The van der Waals surface area contributed by atoms with Crippen LogP contribution in [0.1, 0.15) is 6.92 Å². The number of benzene rings is 1. The maximum absolute atomic E-state index is 5.85. The van der Waals surface area contributed by atoms with Crippen LogP contribution in [0.4, 0.5) is 5.69 Å². The van der Waals surface area contributed by atoms with Crippen molar-refractivity contribution in [3.8, 4) is 5.75 Å². The van der Waals surface area contributed by atoms with Gasteiger partial charge in [-0.2, -0.15) is 0 Å². The van der Waals surface area contributed by atoms with Gasteiger partial charge >= 0.3 is 0 Å². The van der Waals surface area contributed by atoms with Crippen LogP contribution in [-0.2, 0) is 0 Å².